The minimum Gasteiger partial charge on any atom is -0.482 e. The largest absolute Gasteiger partial charge is 0.482 e. The summed E-state index contributed by atoms with van der Waals surface area (Å²) >= 11 is 0. The van der Waals surface area contributed by atoms with E-state index in [0.717, 1.165) is 11.1 Å². The average Bonchev–Trinajstić information content (AvgIpc) is 2.78. The molecule has 3 aromatic carbocycles. The van der Waals surface area contributed by atoms with Gasteiger partial charge in [0, 0.05) is 12.0 Å². The third kappa shape index (κ3) is 6.31. The number of imide groups is 1. The molecule has 3 rings (SSSR count). The highest BCUT2D eigenvalue weighted by atomic mass is 16.6. The van der Waals surface area contributed by atoms with Gasteiger partial charge in [-0.15, -0.1) is 0 Å². The van der Waals surface area contributed by atoms with Crippen molar-refractivity contribution in [2.24, 2.45) is 0 Å². The Kier molecular flexibility index (Phi) is 7.33. The first-order valence-corrected chi connectivity index (χ1v) is 9.41. The zero-order chi connectivity index (χ0) is 21.2. The van der Waals surface area contributed by atoms with Gasteiger partial charge in [0.15, 0.2) is 13.2 Å². The lowest BCUT2D eigenvalue weighted by atomic mass is 10.0. The number of benzene rings is 3. The van der Waals surface area contributed by atoms with E-state index in [1.54, 1.807) is 36.4 Å². The smallest absolute Gasteiger partial charge is 0.344 e. The van der Waals surface area contributed by atoms with E-state index in [1.165, 1.54) is 0 Å². The summed E-state index contributed by atoms with van der Waals surface area (Å²) in [6.07, 6.45) is 0.663. The standard InChI is InChI=1S/C24H21NO5/c26-22(25-24(28)19-11-5-2-6-12-19)16-30-23(27)17-29-21-14-8-7-13-20(21)15-18-9-3-1-4-10-18/h1-14H,15-17H2,(H,25,26,28). The van der Waals surface area contributed by atoms with Crippen molar-refractivity contribution < 1.29 is 23.9 Å². The second-order valence-corrected chi connectivity index (χ2v) is 6.46. The molecule has 0 radical (unpaired) electrons. The SMILES string of the molecule is O=C(COC(=O)COc1ccccc1Cc1ccccc1)NC(=O)c1ccccc1. The summed E-state index contributed by atoms with van der Waals surface area (Å²) in [5, 5.41) is 2.17. The van der Waals surface area contributed by atoms with E-state index in [1.807, 2.05) is 48.5 Å². The number of amides is 2. The summed E-state index contributed by atoms with van der Waals surface area (Å²) in [7, 11) is 0. The molecule has 0 aromatic heterocycles. The van der Waals surface area contributed by atoms with Crippen molar-refractivity contribution in [1.29, 1.82) is 0 Å². The fraction of sp³-hybridized carbons (Fsp3) is 0.125. The van der Waals surface area contributed by atoms with Crippen LogP contribution in [0.15, 0.2) is 84.9 Å². The number of hydrogen-bond acceptors (Lipinski definition) is 5. The van der Waals surface area contributed by atoms with Gasteiger partial charge >= 0.3 is 5.97 Å². The van der Waals surface area contributed by atoms with Gasteiger partial charge in [-0.2, -0.15) is 0 Å². The van der Waals surface area contributed by atoms with Crippen molar-refractivity contribution in [1.82, 2.24) is 5.32 Å². The van der Waals surface area contributed by atoms with Gasteiger partial charge in [-0.05, 0) is 29.3 Å². The van der Waals surface area contributed by atoms with Crippen LogP contribution in [-0.2, 0) is 20.7 Å². The van der Waals surface area contributed by atoms with Gasteiger partial charge in [0.2, 0.25) is 0 Å². The first-order valence-electron chi connectivity index (χ1n) is 9.41. The van der Waals surface area contributed by atoms with Crippen LogP contribution in [0.3, 0.4) is 0 Å². The van der Waals surface area contributed by atoms with Crippen molar-refractivity contribution in [2.45, 2.75) is 6.42 Å². The number of carbonyl (C=O) groups excluding carboxylic acids is 3. The van der Waals surface area contributed by atoms with E-state index in [9.17, 15) is 14.4 Å². The fourth-order valence-electron chi connectivity index (χ4n) is 2.76. The van der Waals surface area contributed by atoms with Crippen molar-refractivity contribution in [3.8, 4) is 5.75 Å². The molecule has 6 heteroatoms. The molecule has 1 N–H and O–H groups in total. The Labute approximate surface area is 174 Å². The maximum absolute atomic E-state index is 11.9. The van der Waals surface area contributed by atoms with E-state index < -0.39 is 24.4 Å². The van der Waals surface area contributed by atoms with Crippen LogP contribution >= 0.6 is 0 Å². The highest BCUT2D eigenvalue weighted by Crippen LogP contribution is 2.21. The maximum atomic E-state index is 11.9. The average molecular weight is 403 g/mol. The third-order valence-corrected chi connectivity index (χ3v) is 4.21. The van der Waals surface area contributed by atoms with E-state index in [2.05, 4.69) is 5.32 Å². The predicted molar refractivity (Wildman–Crippen MR) is 111 cm³/mol. The van der Waals surface area contributed by atoms with Gasteiger partial charge in [-0.25, -0.2) is 4.79 Å². The monoisotopic (exact) mass is 403 g/mol. The first kappa shape index (κ1) is 20.8. The van der Waals surface area contributed by atoms with Crippen molar-refractivity contribution in [3.63, 3.8) is 0 Å². The number of esters is 1. The van der Waals surface area contributed by atoms with Crippen molar-refractivity contribution >= 4 is 17.8 Å². The molecule has 152 valence electrons. The van der Waals surface area contributed by atoms with E-state index in [0.29, 0.717) is 17.7 Å². The van der Waals surface area contributed by atoms with E-state index in [-0.39, 0.29) is 6.61 Å². The molecule has 0 saturated heterocycles. The molecule has 0 bridgehead atoms. The summed E-state index contributed by atoms with van der Waals surface area (Å²) in [5.41, 5.74) is 2.40. The third-order valence-electron chi connectivity index (χ3n) is 4.21. The molecular formula is C24H21NO5. The fourth-order valence-corrected chi connectivity index (χ4v) is 2.76. The predicted octanol–water partition coefficient (Wildman–Crippen LogP) is 3.16. The molecule has 30 heavy (non-hydrogen) atoms. The Morgan fingerprint density at radius 3 is 2.10 bits per heavy atom. The number of para-hydroxylation sites is 1. The molecule has 0 heterocycles. The van der Waals surface area contributed by atoms with Crippen LogP contribution < -0.4 is 10.1 Å². The molecule has 0 aliphatic heterocycles. The Morgan fingerprint density at radius 1 is 0.733 bits per heavy atom. The van der Waals surface area contributed by atoms with E-state index in [4.69, 9.17) is 9.47 Å². The Balaban J connectivity index is 1.46. The minimum atomic E-state index is -0.707. The molecule has 2 amide bonds. The van der Waals surface area contributed by atoms with Crippen LogP contribution in [0, 0.1) is 0 Å². The quantitative estimate of drug-likeness (QED) is 0.585. The van der Waals surface area contributed by atoms with E-state index >= 15 is 0 Å². The molecule has 0 aliphatic rings. The van der Waals surface area contributed by atoms with Crippen LogP contribution in [0.5, 0.6) is 5.75 Å². The number of nitrogens with one attached hydrogen (secondary N) is 1. The van der Waals surface area contributed by atoms with Crippen LogP contribution in [-0.4, -0.2) is 31.0 Å². The molecule has 0 spiro atoms. The molecule has 0 unspecified atom stereocenters. The molecule has 0 atom stereocenters. The molecular weight excluding hydrogens is 382 g/mol. The molecule has 0 saturated carbocycles. The van der Waals surface area contributed by atoms with Gasteiger partial charge in [0.25, 0.3) is 11.8 Å². The number of carbonyl (C=O) groups is 3. The van der Waals surface area contributed by atoms with Crippen LogP contribution in [0.1, 0.15) is 21.5 Å². The van der Waals surface area contributed by atoms with Crippen LogP contribution in [0.2, 0.25) is 0 Å². The molecule has 6 nitrogen and oxygen atoms in total. The molecule has 3 aromatic rings. The summed E-state index contributed by atoms with van der Waals surface area (Å²) in [5.74, 6) is -1.39. The minimum absolute atomic E-state index is 0.342. The number of ether oxygens (including phenoxy) is 2. The van der Waals surface area contributed by atoms with Gasteiger partial charge in [0.1, 0.15) is 5.75 Å². The lowest BCUT2D eigenvalue weighted by Gasteiger charge is -2.11. The normalized spacial score (nSPS) is 10.1. The second kappa shape index (κ2) is 10.6. The van der Waals surface area contributed by atoms with Crippen molar-refractivity contribution in [3.05, 3.63) is 102 Å². The zero-order valence-electron chi connectivity index (χ0n) is 16.2. The van der Waals surface area contributed by atoms with Gasteiger partial charge in [-0.3, -0.25) is 14.9 Å². The second-order valence-electron chi connectivity index (χ2n) is 6.46. The highest BCUT2D eigenvalue weighted by molar-refractivity contribution is 6.05. The van der Waals surface area contributed by atoms with Gasteiger partial charge in [0.05, 0.1) is 0 Å². The summed E-state index contributed by atoms with van der Waals surface area (Å²) in [6, 6.07) is 25.6. The zero-order valence-corrected chi connectivity index (χ0v) is 16.2. The van der Waals surface area contributed by atoms with Gasteiger partial charge < -0.3 is 9.47 Å². The van der Waals surface area contributed by atoms with Crippen LogP contribution in [0.4, 0.5) is 0 Å². The Bertz CT molecular complexity index is 1000. The van der Waals surface area contributed by atoms with Crippen LogP contribution in [0.25, 0.3) is 0 Å². The first-order chi connectivity index (χ1) is 14.6. The maximum Gasteiger partial charge on any atom is 0.344 e. The molecule has 0 aliphatic carbocycles. The number of rotatable bonds is 8. The lowest BCUT2D eigenvalue weighted by molar-refractivity contribution is -0.150. The Hall–Kier alpha value is -3.93. The number of hydrogen-bond donors (Lipinski definition) is 1. The topological polar surface area (TPSA) is 81.7 Å². The van der Waals surface area contributed by atoms with Gasteiger partial charge in [-0.1, -0.05) is 66.7 Å². The highest BCUT2D eigenvalue weighted by Gasteiger charge is 2.13. The lowest BCUT2D eigenvalue weighted by Crippen LogP contribution is -2.34. The van der Waals surface area contributed by atoms with Crippen molar-refractivity contribution in [2.75, 3.05) is 13.2 Å². The Morgan fingerprint density at radius 2 is 1.37 bits per heavy atom. The molecule has 0 fully saturated rings. The summed E-state index contributed by atoms with van der Waals surface area (Å²) in [6.45, 7) is -0.905. The summed E-state index contributed by atoms with van der Waals surface area (Å²) < 4.78 is 10.5. The summed E-state index contributed by atoms with van der Waals surface area (Å²) in [4.78, 5) is 35.6.